The Morgan fingerprint density at radius 3 is 2.89 bits per heavy atom. The highest BCUT2D eigenvalue weighted by Crippen LogP contribution is 2.27. The summed E-state index contributed by atoms with van der Waals surface area (Å²) in [6.45, 7) is -0.382. The second-order valence-electron chi connectivity index (χ2n) is 4.16. The van der Waals surface area contributed by atoms with Crippen molar-refractivity contribution in [1.29, 1.82) is 0 Å². The standard InChI is InChI=1S/C11H13FN2O5/c12-2-1-6-4-14(11(18)13-10(6)17)9-3-7(16)8(5-15)19-9/h1-2,4,7-9,15-16H,3,5H2,(H,13,17,18)/t7-,8+,9-/m1/s1. The lowest BCUT2D eigenvalue weighted by molar-refractivity contribution is -0.0459. The number of halogens is 1. The Morgan fingerprint density at radius 2 is 2.32 bits per heavy atom. The topological polar surface area (TPSA) is 105 Å². The number of aliphatic hydroxyl groups excluding tert-OH is 2. The molecule has 3 N–H and O–H groups in total. The summed E-state index contributed by atoms with van der Waals surface area (Å²) in [5, 5.41) is 18.6. The molecule has 0 unspecified atom stereocenters. The van der Waals surface area contributed by atoms with Crippen LogP contribution in [0.3, 0.4) is 0 Å². The summed E-state index contributed by atoms with van der Waals surface area (Å²) in [4.78, 5) is 25.0. The van der Waals surface area contributed by atoms with Crippen LogP contribution in [0.25, 0.3) is 6.08 Å². The van der Waals surface area contributed by atoms with Crippen LogP contribution in [-0.4, -0.2) is 38.6 Å². The van der Waals surface area contributed by atoms with Gasteiger partial charge in [0.2, 0.25) is 0 Å². The van der Waals surface area contributed by atoms with Crippen LogP contribution in [-0.2, 0) is 4.74 Å². The van der Waals surface area contributed by atoms with Gasteiger partial charge in [-0.2, -0.15) is 0 Å². The fourth-order valence-corrected chi connectivity index (χ4v) is 1.95. The first-order chi connectivity index (χ1) is 9.06. The van der Waals surface area contributed by atoms with E-state index in [0.717, 1.165) is 16.8 Å². The van der Waals surface area contributed by atoms with Crippen molar-refractivity contribution in [2.45, 2.75) is 24.9 Å². The van der Waals surface area contributed by atoms with Crippen molar-refractivity contribution in [3.05, 3.63) is 38.9 Å². The molecule has 0 aliphatic carbocycles. The van der Waals surface area contributed by atoms with E-state index in [1.54, 1.807) is 0 Å². The van der Waals surface area contributed by atoms with Crippen molar-refractivity contribution in [2.75, 3.05) is 6.61 Å². The number of hydrogen-bond acceptors (Lipinski definition) is 5. The highest BCUT2D eigenvalue weighted by molar-refractivity contribution is 5.44. The molecule has 0 amide bonds. The van der Waals surface area contributed by atoms with Gasteiger partial charge in [0, 0.05) is 12.6 Å². The third kappa shape index (κ3) is 2.65. The number of hydrogen-bond donors (Lipinski definition) is 3. The van der Waals surface area contributed by atoms with Gasteiger partial charge in [-0.05, 0) is 6.08 Å². The Kier molecular flexibility index (Phi) is 3.93. The normalized spacial score (nSPS) is 27.2. The number of rotatable bonds is 3. The summed E-state index contributed by atoms with van der Waals surface area (Å²) in [7, 11) is 0. The van der Waals surface area contributed by atoms with E-state index in [-0.39, 0.29) is 24.9 Å². The maximum absolute atomic E-state index is 12.1. The molecule has 1 aromatic heterocycles. The summed E-state index contributed by atoms with van der Waals surface area (Å²) in [6, 6.07) is 0. The van der Waals surface area contributed by atoms with Gasteiger partial charge in [0.05, 0.1) is 24.6 Å². The molecular weight excluding hydrogens is 259 g/mol. The third-order valence-corrected chi connectivity index (χ3v) is 2.93. The predicted molar refractivity (Wildman–Crippen MR) is 63.1 cm³/mol. The van der Waals surface area contributed by atoms with Gasteiger partial charge >= 0.3 is 5.69 Å². The van der Waals surface area contributed by atoms with E-state index in [1.807, 2.05) is 4.98 Å². The summed E-state index contributed by atoms with van der Waals surface area (Å²) >= 11 is 0. The molecular formula is C11H13FN2O5. The van der Waals surface area contributed by atoms with Gasteiger partial charge in [0.25, 0.3) is 5.56 Å². The SMILES string of the molecule is O=c1[nH]c(=O)n([C@H]2C[C@@H](O)[C@H](CO)O2)cc1C=CF. The Hall–Kier alpha value is -1.77. The van der Waals surface area contributed by atoms with E-state index in [2.05, 4.69) is 0 Å². The summed E-state index contributed by atoms with van der Waals surface area (Å²) in [5.41, 5.74) is -1.49. The van der Waals surface area contributed by atoms with E-state index < -0.39 is 29.7 Å². The molecule has 3 atom stereocenters. The molecule has 2 heterocycles. The molecule has 1 fully saturated rings. The number of nitrogens with zero attached hydrogens (tertiary/aromatic N) is 1. The zero-order valence-electron chi connectivity index (χ0n) is 9.82. The fraction of sp³-hybridized carbons (Fsp3) is 0.455. The van der Waals surface area contributed by atoms with Crippen molar-refractivity contribution in [2.24, 2.45) is 0 Å². The van der Waals surface area contributed by atoms with Crippen molar-refractivity contribution in [3.8, 4) is 0 Å². The number of aromatic amines is 1. The van der Waals surface area contributed by atoms with Crippen molar-refractivity contribution in [3.63, 3.8) is 0 Å². The maximum Gasteiger partial charge on any atom is 0.330 e. The quantitative estimate of drug-likeness (QED) is 0.662. The molecule has 1 aromatic rings. The molecule has 0 bridgehead atoms. The monoisotopic (exact) mass is 272 g/mol. The first-order valence-corrected chi connectivity index (χ1v) is 5.63. The van der Waals surface area contributed by atoms with Crippen molar-refractivity contribution >= 4 is 6.08 Å². The average Bonchev–Trinajstić information content (AvgIpc) is 2.74. The highest BCUT2D eigenvalue weighted by Gasteiger charge is 2.35. The van der Waals surface area contributed by atoms with Crippen LogP contribution in [0.1, 0.15) is 18.2 Å². The van der Waals surface area contributed by atoms with Crippen molar-refractivity contribution < 1.29 is 19.3 Å². The fourth-order valence-electron chi connectivity index (χ4n) is 1.95. The van der Waals surface area contributed by atoms with Gasteiger partial charge in [-0.1, -0.05) is 0 Å². The van der Waals surface area contributed by atoms with E-state index in [0.29, 0.717) is 0 Å². The zero-order valence-corrected chi connectivity index (χ0v) is 9.82. The molecule has 19 heavy (non-hydrogen) atoms. The minimum absolute atomic E-state index is 0.0485. The van der Waals surface area contributed by atoms with Gasteiger partial charge in [0.15, 0.2) is 0 Å². The van der Waals surface area contributed by atoms with Gasteiger partial charge in [-0.3, -0.25) is 14.3 Å². The first kappa shape index (κ1) is 13.7. The second-order valence-corrected chi connectivity index (χ2v) is 4.16. The molecule has 0 spiro atoms. The lowest BCUT2D eigenvalue weighted by Crippen LogP contribution is -2.33. The van der Waals surface area contributed by atoms with Gasteiger partial charge in [-0.25, -0.2) is 9.18 Å². The number of aromatic nitrogens is 2. The minimum atomic E-state index is -0.908. The Bertz CT molecular complexity index is 593. The molecule has 2 rings (SSSR count). The van der Waals surface area contributed by atoms with Crippen LogP contribution in [0.2, 0.25) is 0 Å². The molecule has 0 aromatic carbocycles. The average molecular weight is 272 g/mol. The molecule has 0 saturated carbocycles. The number of H-pyrrole nitrogens is 1. The lowest BCUT2D eigenvalue weighted by Gasteiger charge is -2.14. The Balaban J connectivity index is 2.38. The van der Waals surface area contributed by atoms with Crippen LogP contribution >= 0.6 is 0 Å². The molecule has 7 nitrogen and oxygen atoms in total. The van der Waals surface area contributed by atoms with Crippen LogP contribution < -0.4 is 11.2 Å². The molecule has 0 radical (unpaired) electrons. The Labute approximate surface area is 106 Å². The van der Waals surface area contributed by atoms with Crippen molar-refractivity contribution in [1.82, 2.24) is 9.55 Å². The molecule has 8 heteroatoms. The minimum Gasteiger partial charge on any atom is -0.394 e. The van der Waals surface area contributed by atoms with Gasteiger partial charge in [0.1, 0.15) is 12.3 Å². The van der Waals surface area contributed by atoms with Gasteiger partial charge in [-0.15, -0.1) is 0 Å². The zero-order chi connectivity index (χ0) is 14.0. The first-order valence-electron chi connectivity index (χ1n) is 5.63. The van der Waals surface area contributed by atoms with E-state index in [9.17, 15) is 19.1 Å². The predicted octanol–water partition coefficient (Wildman–Crippen LogP) is -0.883. The van der Waals surface area contributed by atoms with Crippen LogP contribution in [0.15, 0.2) is 22.1 Å². The van der Waals surface area contributed by atoms with E-state index in [1.165, 1.54) is 0 Å². The second kappa shape index (κ2) is 5.47. The highest BCUT2D eigenvalue weighted by atomic mass is 19.1. The smallest absolute Gasteiger partial charge is 0.330 e. The van der Waals surface area contributed by atoms with E-state index in [4.69, 9.17) is 9.84 Å². The molecule has 104 valence electrons. The van der Waals surface area contributed by atoms with E-state index >= 15 is 0 Å². The Morgan fingerprint density at radius 1 is 1.58 bits per heavy atom. The number of nitrogens with one attached hydrogen (secondary N) is 1. The maximum atomic E-state index is 12.1. The van der Waals surface area contributed by atoms with Crippen LogP contribution in [0.4, 0.5) is 4.39 Å². The van der Waals surface area contributed by atoms with Gasteiger partial charge < -0.3 is 14.9 Å². The van der Waals surface area contributed by atoms with Crippen LogP contribution in [0.5, 0.6) is 0 Å². The summed E-state index contributed by atoms with van der Waals surface area (Å²) < 4.78 is 18.5. The van der Waals surface area contributed by atoms with Crippen LogP contribution in [0, 0.1) is 0 Å². The molecule has 1 saturated heterocycles. The summed E-state index contributed by atoms with van der Waals surface area (Å²) in [5.74, 6) is 0. The molecule has 1 aliphatic heterocycles. The largest absolute Gasteiger partial charge is 0.394 e. The number of ether oxygens (including phenoxy) is 1. The number of aliphatic hydroxyl groups is 2. The third-order valence-electron chi connectivity index (χ3n) is 2.93. The summed E-state index contributed by atoms with van der Waals surface area (Å²) in [6.07, 6.45) is -0.185. The lowest BCUT2D eigenvalue weighted by atomic mass is 10.2. The molecule has 1 aliphatic rings.